The summed E-state index contributed by atoms with van der Waals surface area (Å²) in [5.74, 6) is 2.41. The van der Waals surface area contributed by atoms with E-state index in [9.17, 15) is 4.79 Å². The van der Waals surface area contributed by atoms with Crippen molar-refractivity contribution in [3.8, 4) is 12.3 Å². The van der Waals surface area contributed by atoms with Crippen molar-refractivity contribution in [3.63, 3.8) is 0 Å². The molecule has 1 aliphatic rings. The number of terminal acetylenes is 1. The maximum absolute atomic E-state index is 10.7. The Bertz CT molecular complexity index is 364. The quantitative estimate of drug-likeness (QED) is 0.336. The van der Waals surface area contributed by atoms with Crippen LogP contribution in [0.2, 0.25) is 0 Å². The van der Waals surface area contributed by atoms with Gasteiger partial charge in [-0.1, -0.05) is 69.8 Å². The van der Waals surface area contributed by atoms with Crippen LogP contribution in [-0.2, 0) is 4.79 Å². The summed E-state index contributed by atoms with van der Waals surface area (Å²) < 4.78 is 0. The van der Waals surface area contributed by atoms with Crippen LogP contribution in [0.15, 0.2) is 12.2 Å². The van der Waals surface area contributed by atoms with E-state index in [-0.39, 0.29) is 5.92 Å². The van der Waals surface area contributed by atoms with E-state index in [1.165, 1.54) is 64.2 Å². The third-order valence-electron chi connectivity index (χ3n) is 4.65. The molecule has 22 heavy (non-hydrogen) atoms. The van der Waals surface area contributed by atoms with E-state index in [0.29, 0.717) is 5.92 Å². The van der Waals surface area contributed by atoms with Crippen LogP contribution in [0.3, 0.4) is 0 Å². The Balaban J connectivity index is 1.71. The maximum atomic E-state index is 10.7. The summed E-state index contributed by atoms with van der Waals surface area (Å²) in [7, 11) is 0. The van der Waals surface area contributed by atoms with Gasteiger partial charge in [-0.3, -0.25) is 4.79 Å². The minimum atomic E-state index is -0.586. The van der Waals surface area contributed by atoms with Crippen LogP contribution >= 0.6 is 0 Å². The van der Waals surface area contributed by atoms with Crippen LogP contribution in [-0.4, -0.2) is 11.1 Å². The zero-order valence-corrected chi connectivity index (χ0v) is 13.9. The Labute approximate surface area is 136 Å². The molecule has 0 aromatic rings. The van der Waals surface area contributed by atoms with Gasteiger partial charge in [0.2, 0.25) is 0 Å². The number of allylic oxidation sites excluding steroid dienone is 2. The van der Waals surface area contributed by atoms with Crippen LogP contribution in [0.4, 0.5) is 0 Å². The summed E-state index contributed by atoms with van der Waals surface area (Å²) in [6, 6.07) is 0. The Morgan fingerprint density at radius 3 is 2.05 bits per heavy atom. The van der Waals surface area contributed by atoms with E-state index in [1.807, 2.05) is 0 Å². The predicted octanol–water partition coefficient (Wildman–Crippen LogP) is 5.58. The lowest BCUT2D eigenvalue weighted by Crippen LogP contribution is -1.99. The molecular formula is C20H32O2. The van der Waals surface area contributed by atoms with Crippen LogP contribution in [0.1, 0.15) is 83.5 Å². The lowest BCUT2D eigenvalue weighted by Gasteiger charge is -2.02. The Morgan fingerprint density at radius 1 is 1.00 bits per heavy atom. The molecule has 0 aromatic heterocycles. The van der Waals surface area contributed by atoms with Crippen molar-refractivity contribution >= 4 is 5.97 Å². The largest absolute Gasteiger partial charge is 0.481 e. The maximum Gasteiger partial charge on any atom is 0.306 e. The number of carbonyl (C=O) groups is 1. The molecule has 1 fully saturated rings. The van der Waals surface area contributed by atoms with Gasteiger partial charge in [0.1, 0.15) is 0 Å². The number of carboxylic acid groups (broad SMARTS) is 1. The summed E-state index contributed by atoms with van der Waals surface area (Å²) in [5, 5.41) is 8.83. The number of unbranched alkanes of at least 4 members (excludes halogenated alkanes) is 10. The van der Waals surface area contributed by atoms with Gasteiger partial charge >= 0.3 is 5.97 Å². The number of hydrogen-bond donors (Lipinski definition) is 1. The van der Waals surface area contributed by atoms with Gasteiger partial charge in [0.05, 0.1) is 5.92 Å². The highest BCUT2D eigenvalue weighted by atomic mass is 16.4. The minimum Gasteiger partial charge on any atom is -0.481 e. The van der Waals surface area contributed by atoms with Gasteiger partial charge in [-0.25, -0.2) is 0 Å². The van der Waals surface area contributed by atoms with Gasteiger partial charge in [-0.05, 0) is 37.7 Å². The van der Waals surface area contributed by atoms with Crippen molar-refractivity contribution in [2.24, 2.45) is 11.8 Å². The molecule has 0 spiro atoms. The average molecular weight is 304 g/mol. The lowest BCUT2D eigenvalue weighted by molar-refractivity contribution is -0.138. The summed E-state index contributed by atoms with van der Waals surface area (Å²) in [6.45, 7) is 0. The fourth-order valence-corrected chi connectivity index (χ4v) is 3.10. The lowest BCUT2D eigenvalue weighted by atomic mass is 10.0. The molecule has 0 amide bonds. The van der Waals surface area contributed by atoms with Gasteiger partial charge in [-0.15, -0.1) is 6.42 Å². The van der Waals surface area contributed by atoms with Crippen molar-refractivity contribution in [2.45, 2.75) is 83.5 Å². The third-order valence-corrected chi connectivity index (χ3v) is 4.65. The van der Waals surface area contributed by atoms with Crippen LogP contribution in [0.25, 0.3) is 0 Å². The number of rotatable bonds is 14. The monoisotopic (exact) mass is 304 g/mol. The molecule has 0 bridgehead atoms. The fraction of sp³-hybridized carbons (Fsp3) is 0.750. The van der Waals surface area contributed by atoms with Crippen molar-refractivity contribution in [1.29, 1.82) is 0 Å². The summed E-state index contributed by atoms with van der Waals surface area (Å²) in [4.78, 5) is 10.7. The number of aliphatic carboxylic acids is 1. The summed E-state index contributed by atoms with van der Waals surface area (Å²) in [5.41, 5.74) is 0. The average Bonchev–Trinajstić information content (AvgIpc) is 3.27. The van der Waals surface area contributed by atoms with Gasteiger partial charge in [0, 0.05) is 0 Å². The van der Waals surface area contributed by atoms with Crippen LogP contribution in [0.5, 0.6) is 0 Å². The minimum absolute atomic E-state index is 0.0120. The second kappa shape index (κ2) is 12.3. The molecule has 1 aliphatic carbocycles. The van der Waals surface area contributed by atoms with E-state index in [1.54, 1.807) is 6.08 Å². The highest BCUT2D eigenvalue weighted by Crippen LogP contribution is 2.42. The second-order valence-corrected chi connectivity index (χ2v) is 6.62. The van der Waals surface area contributed by atoms with Gasteiger partial charge in [0.15, 0.2) is 0 Å². The molecule has 124 valence electrons. The summed E-state index contributed by atoms with van der Waals surface area (Å²) >= 11 is 0. The molecule has 1 saturated carbocycles. The number of hydrogen-bond acceptors (Lipinski definition) is 1. The van der Waals surface area contributed by atoms with Gasteiger partial charge < -0.3 is 5.11 Å². The highest BCUT2D eigenvalue weighted by molar-refractivity contribution is 5.73. The van der Waals surface area contributed by atoms with E-state index in [2.05, 4.69) is 12.0 Å². The van der Waals surface area contributed by atoms with Crippen molar-refractivity contribution in [3.05, 3.63) is 12.2 Å². The molecule has 1 N–H and O–H groups in total. The van der Waals surface area contributed by atoms with E-state index in [0.717, 1.165) is 19.3 Å². The molecular weight excluding hydrogens is 272 g/mol. The molecule has 0 saturated heterocycles. The second-order valence-electron chi connectivity index (χ2n) is 6.62. The number of carboxylic acids is 1. The first-order valence-electron chi connectivity index (χ1n) is 9.09. The first kappa shape index (κ1) is 18.8. The molecule has 2 nitrogen and oxygen atoms in total. The van der Waals surface area contributed by atoms with Crippen LogP contribution in [0, 0.1) is 24.2 Å². The third kappa shape index (κ3) is 9.66. The Morgan fingerprint density at radius 2 is 1.55 bits per heavy atom. The van der Waals surface area contributed by atoms with Gasteiger partial charge in [0.25, 0.3) is 0 Å². The van der Waals surface area contributed by atoms with Crippen molar-refractivity contribution in [1.82, 2.24) is 0 Å². The first-order chi connectivity index (χ1) is 10.8. The molecule has 1 rings (SSSR count). The van der Waals surface area contributed by atoms with E-state index in [4.69, 9.17) is 11.5 Å². The Kier molecular flexibility index (Phi) is 10.5. The highest BCUT2D eigenvalue weighted by Gasteiger charge is 2.42. The molecule has 0 aliphatic heterocycles. The normalized spacial score (nSPS) is 20.1. The SMILES string of the molecule is C#C/C=C\CCCCCCCCCCCC[C@H]1C[C@H]1C(=O)O. The molecule has 0 unspecified atom stereocenters. The molecule has 0 radical (unpaired) electrons. The molecule has 0 heterocycles. The smallest absolute Gasteiger partial charge is 0.306 e. The molecule has 2 atom stereocenters. The molecule has 0 aromatic carbocycles. The first-order valence-corrected chi connectivity index (χ1v) is 9.09. The topological polar surface area (TPSA) is 37.3 Å². The zero-order chi connectivity index (χ0) is 16.0. The Hall–Kier alpha value is -1.23. The fourth-order valence-electron chi connectivity index (χ4n) is 3.10. The van der Waals surface area contributed by atoms with Gasteiger partial charge in [-0.2, -0.15) is 0 Å². The molecule has 2 heteroatoms. The van der Waals surface area contributed by atoms with Crippen molar-refractivity contribution in [2.75, 3.05) is 0 Å². The van der Waals surface area contributed by atoms with E-state index >= 15 is 0 Å². The standard InChI is InChI=1S/C20H32O2/c1-2-3-4-5-6-7-8-9-10-11-12-13-14-15-16-18-17-19(18)20(21)22/h1,3-4,18-19H,5-17H2,(H,21,22)/b4-3-/t18-,19+/m0/s1. The summed E-state index contributed by atoms with van der Waals surface area (Å²) in [6.07, 6.45) is 25.4. The predicted molar refractivity (Wildman–Crippen MR) is 92.6 cm³/mol. The van der Waals surface area contributed by atoms with Crippen LogP contribution < -0.4 is 0 Å². The van der Waals surface area contributed by atoms with E-state index < -0.39 is 5.97 Å². The zero-order valence-electron chi connectivity index (χ0n) is 13.9. The van der Waals surface area contributed by atoms with Crippen molar-refractivity contribution < 1.29 is 9.90 Å².